The van der Waals surface area contributed by atoms with Crippen molar-refractivity contribution in [3.8, 4) is 11.5 Å². The number of phenols is 2. The van der Waals surface area contributed by atoms with Crippen molar-refractivity contribution in [2.75, 3.05) is 6.54 Å². The van der Waals surface area contributed by atoms with Crippen molar-refractivity contribution < 1.29 is 10.2 Å². The zero-order chi connectivity index (χ0) is 12.8. The van der Waals surface area contributed by atoms with Gasteiger partial charge in [0.25, 0.3) is 0 Å². The quantitative estimate of drug-likeness (QED) is 0.291. The summed E-state index contributed by atoms with van der Waals surface area (Å²) in [5, 5.41) is 25.7. The first-order chi connectivity index (χ1) is 8.04. The number of thiocarbonyl (C=S) groups is 1. The first-order valence-electron chi connectivity index (χ1n) is 4.83. The molecule has 0 saturated carbocycles. The highest BCUT2D eigenvalue weighted by atomic mass is 35.5. The van der Waals surface area contributed by atoms with Gasteiger partial charge in [-0.3, -0.25) is 5.43 Å². The molecule has 4 N–H and O–H groups in total. The molecule has 0 saturated heterocycles. The molecule has 0 amide bonds. The number of nitrogens with one attached hydrogen (secondary N) is 2. The average molecular weight is 274 g/mol. The Hall–Kier alpha value is -1.53. The normalized spacial score (nSPS) is 10.5. The van der Waals surface area contributed by atoms with E-state index in [2.05, 4.69) is 15.8 Å². The summed E-state index contributed by atoms with van der Waals surface area (Å²) in [7, 11) is 0. The molecule has 1 rings (SSSR count). The van der Waals surface area contributed by atoms with Gasteiger partial charge in [-0.1, -0.05) is 11.6 Å². The van der Waals surface area contributed by atoms with Crippen LogP contribution in [0.15, 0.2) is 17.2 Å². The van der Waals surface area contributed by atoms with Crippen LogP contribution >= 0.6 is 23.8 Å². The zero-order valence-corrected chi connectivity index (χ0v) is 10.6. The van der Waals surface area contributed by atoms with E-state index in [1.54, 1.807) is 0 Å². The van der Waals surface area contributed by atoms with E-state index in [0.717, 1.165) is 0 Å². The zero-order valence-electron chi connectivity index (χ0n) is 9.07. The third kappa shape index (κ3) is 4.08. The summed E-state index contributed by atoms with van der Waals surface area (Å²) >= 11 is 10.6. The summed E-state index contributed by atoms with van der Waals surface area (Å²) in [5.74, 6) is -0.645. The molecule has 1 aromatic carbocycles. The Morgan fingerprint density at radius 3 is 2.82 bits per heavy atom. The summed E-state index contributed by atoms with van der Waals surface area (Å²) < 4.78 is 0. The van der Waals surface area contributed by atoms with E-state index in [9.17, 15) is 10.2 Å². The monoisotopic (exact) mass is 273 g/mol. The molecule has 0 radical (unpaired) electrons. The topological polar surface area (TPSA) is 76.9 Å². The smallest absolute Gasteiger partial charge is 0.186 e. The number of hydrazone groups is 1. The number of hydrogen-bond acceptors (Lipinski definition) is 4. The third-order valence-electron chi connectivity index (χ3n) is 1.78. The predicted octanol–water partition coefficient (Wildman–Crippen LogP) is 1.57. The van der Waals surface area contributed by atoms with E-state index in [-0.39, 0.29) is 16.5 Å². The number of nitrogens with zero attached hydrogens (tertiary/aromatic N) is 1. The van der Waals surface area contributed by atoms with E-state index in [0.29, 0.717) is 17.2 Å². The maximum atomic E-state index is 9.32. The molecular weight excluding hydrogens is 262 g/mol. The van der Waals surface area contributed by atoms with E-state index in [1.165, 1.54) is 18.3 Å². The van der Waals surface area contributed by atoms with Gasteiger partial charge in [0.2, 0.25) is 0 Å². The van der Waals surface area contributed by atoms with Crippen molar-refractivity contribution in [1.29, 1.82) is 0 Å². The minimum atomic E-state index is -0.347. The van der Waals surface area contributed by atoms with Crippen LogP contribution in [0.2, 0.25) is 5.02 Å². The molecule has 0 atom stereocenters. The van der Waals surface area contributed by atoms with Gasteiger partial charge in [-0.25, -0.2) is 0 Å². The Kier molecular flexibility index (Phi) is 4.99. The molecule has 1 aromatic rings. The van der Waals surface area contributed by atoms with Crippen LogP contribution in [0.5, 0.6) is 11.5 Å². The van der Waals surface area contributed by atoms with Crippen molar-refractivity contribution in [1.82, 2.24) is 10.7 Å². The Morgan fingerprint density at radius 2 is 2.24 bits per heavy atom. The Balaban J connectivity index is 2.69. The second-order valence-corrected chi connectivity index (χ2v) is 3.92. The van der Waals surface area contributed by atoms with Gasteiger partial charge in [-0.2, -0.15) is 5.10 Å². The molecule has 0 aromatic heterocycles. The van der Waals surface area contributed by atoms with Crippen LogP contribution in [0.4, 0.5) is 0 Å². The van der Waals surface area contributed by atoms with Crippen molar-refractivity contribution >= 4 is 35.1 Å². The largest absolute Gasteiger partial charge is 0.504 e. The van der Waals surface area contributed by atoms with Crippen LogP contribution in [0.3, 0.4) is 0 Å². The van der Waals surface area contributed by atoms with Gasteiger partial charge < -0.3 is 15.5 Å². The highest BCUT2D eigenvalue weighted by molar-refractivity contribution is 7.80. The fraction of sp³-hybridized carbons (Fsp3) is 0.200. The van der Waals surface area contributed by atoms with Crippen LogP contribution in [0, 0.1) is 0 Å². The maximum Gasteiger partial charge on any atom is 0.186 e. The fourth-order valence-corrected chi connectivity index (χ4v) is 1.46. The molecular formula is C10H12ClN3O2S. The standard InChI is InChI=1S/C10H12ClN3O2S/c1-2-12-10(17)14-13-5-6-3-7(11)9(16)8(15)4-6/h3-5,15-16H,2H2,1H3,(H2,12,14,17)/b13-5+. The highest BCUT2D eigenvalue weighted by Gasteiger charge is 2.05. The molecule has 5 nitrogen and oxygen atoms in total. The lowest BCUT2D eigenvalue weighted by atomic mass is 10.2. The average Bonchev–Trinajstić information content (AvgIpc) is 2.26. The van der Waals surface area contributed by atoms with Gasteiger partial charge in [-0.05, 0) is 36.8 Å². The molecule has 0 aliphatic heterocycles. The Labute approximate surface area is 109 Å². The van der Waals surface area contributed by atoms with Crippen molar-refractivity contribution in [3.63, 3.8) is 0 Å². The molecule has 0 spiro atoms. The number of halogens is 1. The fourth-order valence-electron chi connectivity index (χ4n) is 1.04. The van der Waals surface area contributed by atoms with Crippen molar-refractivity contribution in [3.05, 3.63) is 22.7 Å². The van der Waals surface area contributed by atoms with Crippen LogP contribution in [0.25, 0.3) is 0 Å². The van der Waals surface area contributed by atoms with Gasteiger partial charge in [0.15, 0.2) is 16.6 Å². The van der Waals surface area contributed by atoms with E-state index >= 15 is 0 Å². The van der Waals surface area contributed by atoms with Gasteiger partial charge in [0.05, 0.1) is 11.2 Å². The van der Waals surface area contributed by atoms with Crippen LogP contribution in [0.1, 0.15) is 12.5 Å². The lowest BCUT2D eigenvalue weighted by molar-refractivity contribution is 0.404. The minimum Gasteiger partial charge on any atom is -0.504 e. The molecule has 92 valence electrons. The minimum absolute atomic E-state index is 0.0562. The second kappa shape index (κ2) is 6.27. The number of aromatic hydroxyl groups is 2. The molecule has 0 heterocycles. The molecule has 0 bridgehead atoms. The first-order valence-corrected chi connectivity index (χ1v) is 5.61. The van der Waals surface area contributed by atoms with Gasteiger partial charge in [-0.15, -0.1) is 0 Å². The van der Waals surface area contributed by atoms with Gasteiger partial charge in [0, 0.05) is 6.54 Å². The van der Waals surface area contributed by atoms with Crippen molar-refractivity contribution in [2.45, 2.75) is 6.92 Å². The highest BCUT2D eigenvalue weighted by Crippen LogP contribution is 2.33. The summed E-state index contributed by atoms with van der Waals surface area (Å²) in [4.78, 5) is 0. The SMILES string of the molecule is CCNC(=S)N/N=C/c1cc(O)c(O)c(Cl)c1. The van der Waals surface area contributed by atoms with Crippen LogP contribution in [-0.2, 0) is 0 Å². The maximum absolute atomic E-state index is 9.32. The summed E-state index contributed by atoms with van der Waals surface area (Å²) in [6, 6.07) is 2.81. The molecule has 17 heavy (non-hydrogen) atoms. The third-order valence-corrected chi connectivity index (χ3v) is 2.31. The Bertz CT molecular complexity index is 428. The molecule has 0 aliphatic rings. The van der Waals surface area contributed by atoms with Crippen LogP contribution in [-0.4, -0.2) is 28.1 Å². The molecule has 7 heteroatoms. The predicted molar refractivity (Wildman–Crippen MR) is 71.8 cm³/mol. The Morgan fingerprint density at radius 1 is 1.53 bits per heavy atom. The van der Waals surface area contributed by atoms with E-state index in [4.69, 9.17) is 23.8 Å². The number of benzene rings is 1. The number of rotatable bonds is 3. The number of hydrogen-bond donors (Lipinski definition) is 4. The molecule has 0 fully saturated rings. The summed E-state index contributed by atoms with van der Waals surface area (Å²) in [6.45, 7) is 2.61. The number of phenolic OH excluding ortho intramolecular Hbond substituents is 2. The summed E-state index contributed by atoms with van der Waals surface area (Å²) in [5.41, 5.74) is 3.13. The van der Waals surface area contributed by atoms with Crippen LogP contribution < -0.4 is 10.7 Å². The van der Waals surface area contributed by atoms with E-state index < -0.39 is 0 Å². The lowest BCUT2D eigenvalue weighted by Crippen LogP contribution is -2.31. The lowest BCUT2D eigenvalue weighted by Gasteiger charge is -2.03. The van der Waals surface area contributed by atoms with Crippen molar-refractivity contribution in [2.24, 2.45) is 5.10 Å². The van der Waals surface area contributed by atoms with Gasteiger partial charge >= 0.3 is 0 Å². The summed E-state index contributed by atoms with van der Waals surface area (Å²) in [6.07, 6.45) is 1.43. The molecule has 0 aliphatic carbocycles. The second-order valence-electron chi connectivity index (χ2n) is 3.10. The van der Waals surface area contributed by atoms with E-state index in [1.807, 2.05) is 6.92 Å². The first kappa shape index (κ1) is 13.5. The molecule has 0 unspecified atom stereocenters. The van der Waals surface area contributed by atoms with Gasteiger partial charge in [0.1, 0.15) is 0 Å².